The highest BCUT2D eigenvalue weighted by molar-refractivity contribution is 5.99. The molecule has 3 rings (SSSR count). The molecule has 0 saturated carbocycles. The van der Waals surface area contributed by atoms with Crippen molar-refractivity contribution in [1.29, 1.82) is 0 Å². The standard InChI is InChI=1S/C21H18O2/c1-15(14-22)13-21-19-6-4-3-5-16(19)9-12-20(21)17-7-10-18(23-2)11-8-17/h3-14H,1-2H3/b15-13+. The average Bonchev–Trinajstić information content (AvgIpc) is 2.62. The first-order valence-corrected chi connectivity index (χ1v) is 7.52. The summed E-state index contributed by atoms with van der Waals surface area (Å²) in [6, 6.07) is 20.4. The van der Waals surface area contributed by atoms with Crippen LogP contribution >= 0.6 is 0 Å². The third-order valence-electron chi connectivity index (χ3n) is 3.93. The maximum Gasteiger partial charge on any atom is 0.145 e. The number of ether oxygens (including phenoxy) is 1. The lowest BCUT2D eigenvalue weighted by atomic mass is 9.93. The highest BCUT2D eigenvalue weighted by Crippen LogP contribution is 2.32. The molecule has 0 atom stereocenters. The zero-order valence-corrected chi connectivity index (χ0v) is 13.2. The maximum atomic E-state index is 11.1. The molecule has 0 radical (unpaired) electrons. The Morgan fingerprint density at radius 1 is 0.957 bits per heavy atom. The van der Waals surface area contributed by atoms with E-state index in [1.165, 1.54) is 0 Å². The van der Waals surface area contributed by atoms with Gasteiger partial charge < -0.3 is 4.74 Å². The predicted octanol–water partition coefficient (Wildman–Crippen LogP) is 5.12. The molecule has 0 aliphatic carbocycles. The Morgan fingerprint density at radius 2 is 1.70 bits per heavy atom. The van der Waals surface area contributed by atoms with Crippen LogP contribution in [0.25, 0.3) is 28.0 Å². The summed E-state index contributed by atoms with van der Waals surface area (Å²) in [7, 11) is 1.66. The SMILES string of the molecule is COc1ccc(-c2ccc3ccccc3c2/C=C(\C)C=O)cc1. The lowest BCUT2D eigenvalue weighted by Crippen LogP contribution is -1.89. The normalized spacial score (nSPS) is 11.5. The van der Waals surface area contributed by atoms with Crippen LogP contribution in [0, 0.1) is 0 Å². The third kappa shape index (κ3) is 3.02. The quantitative estimate of drug-likeness (QED) is 0.494. The van der Waals surface area contributed by atoms with Gasteiger partial charge in [0.25, 0.3) is 0 Å². The monoisotopic (exact) mass is 302 g/mol. The van der Waals surface area contributed by atoms with Gasteiger partial charge in [-0.2, -0.15) is 0 Å². The molecule has 0 saturated heterocycles. The first-order valence-electron chi connectivity index (χ1n) is 7.52. The Labute approximate surface area is 136 Å². The second-order valence-corrected chi connectivity index (χ2v) is 5.48. The number of hydrogen-bond donors (Lipinski definition) is 0. The van der Waals surface area contributed by atoms with Gasteiger partial charge in [0.15, 0.2) is 0 Å². The van der Waals surface area contributed by atoms with E-state index >= 15 is 0 Å². The summed E-state index contributed by atoms with van der Waals surface area (Å²) in [6.45, 7) is 1.83. The van der Waals surface area contributed by atoms with E-state index in [4.69, 9.17) is 4.74 Å². The summed E-state index contributed by atoms with van der Waals surface area (Å²) in [5.74, 6) is 0.829. The summed E-state index contributed by atoms with van der Waals surface area (Å²) in [5.41, 5.74) is 3.98. The van der Waals surface area contributed by atoms with Crippen molar-refractivity contribution < 1.29 is 9.53 Å². The zero-order valence-electron chi connectivity index (χ0n) is 13.2. The van der Waals surface area contributed by atoms with Crippen LogP contribution in [0.4, 0.5) is 0 Å². The number of benzene rings is 3. The van der Waals surface area contributed by atoms with E-state index in [9.17, 15) is 4.79 Å². The molecule has 0 unspecified atom stereocenters. The van der Waals surface area contributed by atoms with Crippen molar-refractivity contribution in [2.75, 3.05) is 7.11 Å². The largest absolute Gasteiger partial charge is 0.497 e. The average molecular weight is 302 g/mol. The van der Waals surface area contributed by atoms with Gasteiger partial charge >= 0.3 is 0 Å². The fraction of sp³-hybridized carbons (Fsp3) is 0.0952. The highest BCUT2D eigenvalue weighted by atomic mass is 16.5. The summed E-state index contributed by atoms with van der Waals surface area (Å²) >= 11 is 0. The number of allylic oxidation sites excluding steroid dienone is 1. The van der Waals surface area contributed by atoms with E-state index in [0.717, 1.165) is 39.5 Å². The number of rotatable bonds is 4. The Morgan fingerprint density at radius 3 is 2.39 bits per heavy atom. The second-order valence-electron chi connectivity index (χ2n) is 5.48. The first-order chi connectivity index (χ1) is 11.2. The van der Waals surface area contributed by atoms with Crippen molar-refractivity contribution in [3.63, 3.8) is 0 Å². The molecule has 0 amide bonds. The smallest absolute Gasteiger partial charge is 0.145 e. The molecule has 3 aromatic rings. The van der Waals surface area contributed by atoms with E-state index in [-0.39, 0.29) is 0 Å². The lowest BCUT2D eigenvalue weighted by molar-refractivity contribution is -0.104. The fourth-order valence-corrected chi connectivity index (χ4v) is 2.74. The van der Waals surface area contributed by atoms with Crippen molar-refractivity contribution >= 4 is 23.1 Å². The van der Waals surface area contributed by atoms with Crippen LogP contribution in [0.5, 0.6) is 5.75 Å². The van der Waals surface area contributed by atoms with Crippen molar-refractivity contribution in [3.05, 3.63) is 71.8 Å². The van der Waals surface area contributed by atoms with Crippen molar-refractivity contribution in [2.24, 2.45) is 0 Å². The van der Waals surface area contributed by atoms with Gasteiger partial charge in [-0.1, -0.05) is 48.5 Å². The molecule has 0 fully saturated rings. The molecule has 0 aromatic heterocycles. The van der Waals surface area contributed by atoms with Crippen molar-refractivity contribution in [2.45, 2.75) is 6.92 Å². The van der Waals surface area contributed by atoms with Gasteiger partial charge in [0, 0.05) is 0 Å². The minimum atomic E-state index is 0.705. The maximum absolute atomic E-state index is 11.1. The first kappa shape index (κ1) is 15.0. The molecule has 0 aliphatic rings. The van der Waals surface area contributed by atoms with Crippen LogP contribution in [0.2, 0.25) is 0 Å². The van der Waals surface area contributed by atoms with E-state index < -0.39 is 0 Å². The molecule has 2 heteroatoms. The molecule has 0 heterocycles. The van der Waals surface area contributed by atoms with Crippen LogP contribution in [0.3, 0.4) is 0 Å². The van der Waals surface area contributed by atoms with Gasteiger partial charge in [-0.3, -0.25) is 4.79 Å². The van der Waals surface area contributed by atoms with Crippen LogP contribution in [-0.4, -0.2) is 13.4 Å². The Kier molecular flexibility index (Phi) is 4.24. The highest BCUT2D eigenvalue weighted by Gasteiger charge is 2.08. The van der Waals surface area contributed by atoms with Crippen LogP contribution in [-0.2, 0) is 4.79 Å². The number of methoxy groups -OCH3 is 1. The summed E-state index contributed by atoms with van der Waals surface area (Å²) in [6.07, 6.45) is 2.84. The van der Waals surface area contributed by atoms with E-state index in [0.29, 0.717) is 5.57 Å². The predicted molar refractivity (Wildman–Crippen MR) is 95.7 cm³/mol. The Hall–Kier alpha value is -2.87. The summed E-state index contributed by atoms with van der Waals surface area (Å²) in [5, 5.41) is 2.30. The van der Waals surface area contributed by atoms with Gasteiger partial charge in [0.1, 0.15) is 12.0 Å². The van der Waals surface area contributed by atoms with Crippen molar-refractivity contribution in [3.8, 4) is 16.9 Å². The number of carbonyl (C=O) groups is 1. The lowest BCUT2D eigenvalue weighted by Gasteiger charge is -2.12. The number of hydrogen-bond acceptors (Lipinski definition) is 2. The molecule has 0 N–H and O–H groups in total. The van der Waals surface area contributed by atoms with Crippen molar-refractivity contribution in [1.82, 2.24) is 0 Å². The second kappa shape index (κ2) is 6.49. The summed E-state index contributed by atoms with van der Waals surface area (Å²) in [4.78, 5) is 11.1. The minimum Gasteiger partial charge on any atom is -0.497 e. The fourth-order valence-electron chi connectivity index (χ4n) is 2.74. The summed E-state index contributed by atoms with van der Waals surface area (Å²) < 4.78 is 5.23. The number of fused-ring (bicyclic) bond motifs is 1. The zero-order chi connectivity index (χ0) is 16.2. The molecule has 0 aliphatic heterocycles. The molecular weight excluding hydrogens is 284 g/mol. The Balaban J connectivity index is 2.26. The van der Waals surface area contributed by atoms with Gasteiger partial charge in [-0.25, -0.2) is 0 Å². The van der Waals surface area contributed by atoms with Crippen LogP contribution in [0.1, 0.15) is 12.5 Å². The van der Waals surface area contributed by atoms with Crippen LogP contribution < -0.4 is 4.74 Å². The van der Waals surface area contributed by atoms with Crippen LogP contribution in [0.15, 0.2) is 66.2 Å². The molecule has 0 spiro atoms. The van der Waals surface area contributed by atoms with E-state index in [1.54, 1.807) is 7.11 Å². The third-order valence-corrected chi connectivity index (χ3v) is 3.93. The van der Waals surface area contributed by atoms with Gasteiger partial charge in [-0.05, 0) is 58.2 Å². The minimum absolute atomic E-state index is 0.705. The molecule has 2 nitrogen and oxygen atoms in total. The molecule has 0 bridgehead atoms. The van der Waals surface area contributed by atoms with E-state index in [2.05, 4.69) is 24.3 Å². The van der Waals surface area contributed by atoms with Gasteiger partial charge in [-0.15, -0.1) is 0 Å². The molecular formula is C21H18O2. The topological polar surface area (TPSA) is 26.3 Å². The number of aldehydes is 1. The van der Waals surface area contributed by atoms with Gasteiger partial charge in [0.2, 0.25) is 0 Å². The number of carbonyl (C=O) groups excluding carboxylic acids is 1. The molecule has 3 aromatic carbocycles. The molecule has 114 valence electrons. The van der Waals surface area contributed by atoms with E-state index in [1.807, 2.05) is 49.4 Å². The Bertz CT molecular complexity index is 874. The molecule has 23 heavy (non-hydrogen) atoms. The van der Waals surface area contributed by atoms with Gasteiger partial charge in [0.05, 0.1) is 7.11 Å².